The number of guanidine groups is 1. The van der Waals surface area contributed by atoms with Gasteiger partial charge in [-0.1, -0.05) is 134 Å². The van der Waals surface area contributed by atoms with E-state index in [1.807, 2.05) is 105 Å². The summed E-state index contributed by atoms with van der Waals surface area (Å²) < 4.78 is 18.5. The molecular weight excluding hydrogens is 994 g/mol. The summed E-state index contributed by atoms with van der Waals surface area (Å²) in [5, 5.41) is 12.5. The number of hydrogen-bond acceptors (Lipinski definition) is 7. The molecule has 18 heteroatoms. The Morgan fingerprint density at radius 3 is 1.67 bits per heavy atom. The average molecular weight is 1080 g/mol. The number of carbonyl (C=O) groups excluding carboxylic acids is 4. The van der Waals surface area contributed by atoms with Crippen LogP contribution in [0.5, 0.6) is 11.5 Å². The highest BCUT2D eigenvalue weighted by atomic mass is 35.5. The molecule has 0 aliphatic heterocycles. The summed E-state index contributed by atoms with van der Waals surface area (Å²) in [5.74, 6) is -0.513. The van der Waals surface area contributed by atoms with Crippen LogP contribution in [0.15, 0.2) is 103 Å². The molecule has 0 fully saturated rings. The summed E-state index contributed by atoms with van der Waals surface area (Å²) in [7, 11) is 0. The molecule has 0 radical (unpaired) electrons. The molecule has 0 heterocycles. The third-order valence-electron chi connectivity index (χ3n) is 11.2. The molecule has 0 aliphatic rings. The van der Waals surface area contributed by atoms with Gasteiger partial charge in [0.1, 0.15) is 36.2 Å². The third-order valence-corrected chi connectivity index (χ3v) is 11.2. The standard InChI is InChI=1S/C52H67N7O7.2CH4.2ClH.2H2S/c1-34(2)27-30-64-44-25-23-37-17-8-10-19-39(37)47(44)48-40-20-11-9-18-38(40)24-26-45(48)65-33-46(60)57-41(21-12-13-28-53)49(61)58-42(22-14-29-56-52(54)55)50(62)59-43(31-35(3)4)51(63)66-32-36-15-6-5-7-16-36;;;;;;/h5-11,15-20,23-26,34-35,41-43H,12-14,21-22,27-33,53H2,1-4H3,(H,57,60)(H,58,61)(H,59,62)(H4,54,55,56);2*1H4;2*1H;2*1H2/t41-,42-,43+;;;;;;/m1....../s1. The zero-order chi connectivity index (χ0) is 47.4. The lowest BCUT2D eigenvalue weighted by molar-refractivity contribution is -0.459. The van der Waals surface area contributed by atoms with Crippen LogP contribution in [-0.4, -0.2) is 74.1 Å². The maximum Gasteiger partial charge on any atom is 0.338 e. The van der Waals surface area contributed by atoms with Gasteiger partial charge < -0.3 is 60.7 Å². The highest BCUT2D eigenvalue weighted by molar-refractivity contribution is 7.59. The van der Waals surface area contributed by atoms with E-state index in [1.165, 1.54) is 0 Å². The average Bonchev–Trinajstić information content (AvgIpc) is 3.30. The molecule has 400 valence electrons. The third kappa shape index (κ3) is 21.4. The Morgan fingerprint density at radius 1 is 0.611 bits per heavy atom. The number of amides is 3. The molecule has 0 saturated heterocycles. The first-order valence-electron chi connectivity index (χ1n) is 23.2. The molecule has 5 aromatic carbocycles. The maximum atomic E-state index is 14.2. The quantitative estimate of drug-likeness (QED) is 0.0168. The number of ether oxygens (including phenoxy) is 3. The van der Waals surface area contributed by atoms with Crippen LogP contribution in [0, 0.1) is 11.8 Å². The minimum atomic E-state index is -1.07. The molecule has 0 saturated carbocycles. The second kappa shape index (κ2) is 35.7. The molecule has 72 heavy (non-hydrogen) atoms. The van der Waals surface area contributed by atoms with E-state index in [9.17, 15) is 19.2 Å². The first-order valence-corrected chi connectivity index (χ1v) is 23.2. The fourth-order valence-electron chi connectivity index (χ4n) is 7.70. The molecule has 0 aliphatic carbocycles. The number of halogens is 2. The van der Waals surface area contributed by atoms with E-state index in [0.29, 0.717) is 56.4 Å². The Morgan fingerprint density at radius 2 is 1.12 bits per heavy atom. The van der Waals surface area contributed by atoms with E-state index in [2.05, 4.69) is 52.7 Å². The van der Waals surface area contributed by atoms with Gasteiger partial charge in [-0.25, -0.2) is 4.79 Å². The van der Waals surface area contributed by atoms with Gasteiger partial charge in [0.25, 0.3) is 5.91 Å². The van der Waals surface area contributed by atoms with Gasteiger partial charge in [0.15, 0.2) is 6.61 Å². The first kappa shape index (κ1) is 68.7. The number of nitrogens with two attached hydrogens (primary N) is 2. The van der Waals surface area contributed by atoms with E-state index >= 15 is 0 Å². The summed E-state index contributed by atoms with van der Waals surface area (Å²) in [4.78, 5) is 58.4. The van der Waals surface area contributed by atoms with Crippen LogP contribution in [0.25, 0.3) is 32.7 Å². The second-order valence-corrected chi connectivity index (χ2v) is 17.5. The zero-order valence-electron chi connectivity index (χ0n) is 40.7. The Kier molecular flexibility index (Phi) is 34.0. The molecular formula is C54H81Cl2N7O7S2. The Hall–Kier alpha value is -5.39. The minimum absolute atomic E-state index is 0. The van der Waals surface area contributed by atoms with Gasteiger partial charge in [0.2, 0.25) is 11.8 Å². The predicted octanol–water partition coefficient (Wildman–Crippen LogP) is -0.240. The lowest BCUT2D eigenvalue weighted by Gasteiger charge is -2.26. The molecule has 3 atom stereocenters. The van der Waals surface area contributed by atoms with Crippen LogP contribution in [-0.2, 0) is 30.5 Å². The molecule has 5 rings (SSSR count). The highest BCUT2D eigenvalue weighted by Gasteiger charge is 2.31. The lowest BCUT2D eigenvalue weighted by Crippen LogP contribution is -3.00. The van der Waals surface area contributed by atoms with Crippen LogP contribution in [0.4, 0.5) is 0 Å². The largest absolute Gasteiger partial charge is 1.00 e. The molecule has 0 unspecified atom stereocenters. The molecule has 14 nitrogen and oxygen atoms in total. The number of quaternary nitrogens is 1. The van der Waals surface area contributed by atoms with Crippen molar-refractivity contribution in [2.24, 2.45) is 23.3 Å². The van der Waals surface area contributed by atoms with E-state index in [0.717, 1.165) is 51.1 Å². The summed E-state index contributed by atoms with van der Waals surface area (Å²) in [6.07, 6.45) is 3.36. The smallest absolute Gasteiger partial charge is 0.338 e. The molecule has 11 N–H and O–H groups in total. The highest BCUT2D eigenvalue weighted by Crippen LogP contribution is 2.45. The van der Waals surface area contributed by atoms with Crippen molar-refractivity contribution in [1.82, 2.24) is 16.0 Å². The van der Waals surface area contributed by atoms with Crippen molar-refractivity contribution in [2.45, 2.75) is 112 Å². The Bertz CT molecular complexity index is 2430. The van der Waals surface area contributed by atoms with Crippen molar-refractivity contribution in [2.75, 3.05) is 26.3 Å². The van der Waals surface area contributed by atoms with E-state index in [-0.39, 0.29) is 98.0 Å². The number of fused-ring (bicyclic) bond motifs is 2. The Balaban J connectivity index is 0. The maximum absolute atomic E-state index is 14.2. The fourth-order valence-corrected chi connectivity index (χ4v) is 7.70. The number of nitrogens with one attached hydrogen (secondary N) is 4. The van der Waals surface area contributed by atoms with Gasteiger partial charge in [-0.3, -0.25) is 30.8 Å². The Labute approximate surface area is 453 Å². The van der Waals surface area contributed by atoms with Crippen molar-refractivity contribution in [3.63, 3.8) is 0 Å². The van der Waals surface area contributed by atoms with Crippen LogP contribution in [0.2, 0.25) is 0 Å². The second-order valence-electron chi connectivity index (χ2n) is 17.5. The number of unbranched alkanes of at least 4 members (excludes halogenated alkanes) is 1. The van der Waals surface area contributed by atoms with Gasteiger partial charge in [-0.15, -0.1) is 0 Å². The predicted molar refractivity (Wildman–Crippen MR) is 293 cm³/mol. The van der Waals surface area contributed by atoms with E-state index < -0.39 is 48.4 Å². The van der Waals surface area contributed by atoms with Crippen molar-refractivity contribution in [1.29, 1.82) is 0 Å². The topological polar surface area (TPSA) is 226 Å². The normalized spacial score (nSPS) is 11.5. The van der Waals surface area contributed by atoms with Crippen LogP contribution < -0.4 is 72.4 Å². The number of rotatable bonds is 26. The molecule has 0 aromatic heterocycles. The summed E-state index contributed by atoms with van der Waals surface area (Å²) in [5.41, 5.74) is 17.6. The van der Waals surface area contributed by atoms with Crippen molar-refractivity contribution < 1.29 is 68.9 Å². The summed E-state index contributed by atoms with van der Waals surface area (Å²) >= 11 is 0. The summed E-state index contributed by atoms with van der Waals surface area (Å²) in [6, 6.07) is 30.2. The van der Waals surface area contributed by atoms with Gasteiger partial charge >= 0.3 is 11.9 Å². The zero-order valence-corrected chi connectivity index (χ0v) is 44.2. The van der Waals surface area contributed by atoms with E-state index in [4.69, 9.17) is 25.7 Å². The van der Waals surface area contributed by atoms with Crippen LogP contribution in [0.1, 0.15) is 93.1 Å². The van der Waals surface area contributed by atoms with Gasteiger partial charge in [-0.2, -0.15) is 27.0 Å². The summed E-state index contributed by atoms with van der Waals surface area (Å²) in [6.45, 7) is 9.36. The molecule has 0 spiro atoms. The molecule has 3 amide bonds. The van der Waals surface area contributed by atoms with Crippen molar-refractivity contribution >= 4 is 78.2 Å². The number of hydrogen-bond donors (Lipinski definition) is 7. The fraction of sp³-hybridized carbons (Fsp3) is 0.426. The first-order chi connectivity index (χ1) is 31.8. The minimum Gasteiger partial charge on any atom is -1.00 e. The van der Waals surface area contributed by atoms with Crippen molar-refractivity contribution in [3.8, 4) is 22.6 Å². The SMILES string of the molecule is C.C.CC(C)CCOc1ccc2ccccc2c1-c1c(OCC(=O)N[C@H](CCCC[NH3+])C(=O)N[C@H](CCC[NH+]=C(N)N)C(=O)N[C@@H](CC(C)C)C(=O)OCc2ccccc2)ccc2ccccc12.S.S.[Cl-].[Cl-]. The van der Waals surface area contributed by atoms with Gasteiger partial charge in [0.05, 0.1) is 19.7 Å². The van der Waals surface area contributed by atoms with Gasteiger partial charge in [0, 0.05) is 11.1 Å². The van der Waals surface area contributed by atoms with Gasteiger partial charge in [-0.05, 0) is 96.0 Å². The monoisotopic (exact) mass is 1070 g/mol. The van der Waals surface area contributed by atoms with Crippen molar-refractivity contribution in [3.05, 3.63) is 109 Å². The lowest BCUT2D eigenvalue weighted by atomic mass is 9.92. The molecule has 0 bridgehead atoms. The molecule has 5 aromatic rings. The van der Waals surface area contributed by atoms with Crippen LogP contribution >= 0.6 is 27.0 Å². The van der Waals surface area contributed by atoms with Crippen LogP contribution in [0.3, 0.4) is 0 Å². The number of carbonyl (C=O) groups is 4. The number of benzene rings is 5. The van der Waals surface area contributed by atoms with E-state index in [1.54, 1.807) is 0 Å². The number of esters is 1.